The molecule has 0 aliphatic heterocycles. The highest BCUT2D eigenvalue weighted by Gasteiger charge is 2.20. The van der Waals surface area contributed by atoms with Gasteiger partial charge in [-0.25, -0.2) is 0 Å². The Morgan fingerprint density at radius 2 is 2.17 bits per heavy atom. The van der Waals surface area contributed by atoms with E-state index in [0.29, 0.717) is 0 Å². The van der Waals surface area contributed by atoms with Gasteiger partial charge in [-0.15, -0.1) is 0 Å². The van der Waals surface area contributed by atoms with Crippen LogP contribution in [0.2, 0.25) is 0 Å². The maximum atomic E-state index is 5.88. The fourth-order valence-electron chi connectivity index (χ4n) is 1.82. The molecule has 2 rings (SSSR count). The summed E-state index contributed by atoms with van der Waals surface area (Å²) in [7, 11) is 0. The van der Waals surface area contributed by atoms with Gasteiger partial charge in [0.05, 0.1) is 6.61 Å². The molecule has 0 aromatic heterocycles. The van der Waals surface area contributed by atoms with Gasteiger partial charge in [-0.2, -0.15) is 11.8 Å². The van der Waals surface area contributed by atoms with Crippen molar-refractivity contribution in [3.8, 4) is 5.75 Å². The summed E-state index contributed by atoms with van der Waals surface area (Å²) < 4.78 is 5.88. The average Bonchev–Trinajstić information content (AvgIpc) is 3.21. The highest BCUT2D eigenvalue weighted by Crippen LogP contribution is 2.22. The minimum atomic E-state index is 0.749. The zero-order valence-electron chi connectivity index (χ0n) is 11.2. The van der Waals surface area contributed by atoms with Gasteiger partial charge in [0.1, 0.15) is 5.75 Å². The molecule has 1 aliphatic carbocycles. The van der Waals surface area contributed by atoms with E-state index >= 15 is 0 Å². The van der Waals surface area contributed by atoms with E-state index in [-0.39, 0.29) is 0 Å². The van der Waals surface area contributed by atoms with Crippen LogP contribution in [0.3, 0.4) is 0 Å². The van der Waals surface area contributed by atoms with Crippen molar-refractivity contribution in [1.82, 2.24) is 5.32 Å². The number of thioether (sulfide) groups is 1. The number of para-hydroxylation sites is 1. The molecule has 0 amide bonds. The molecule has 1 aliphatic rings. The van der Waals surface area contributed by atoms with Gasteiger partial charge in [-0.3, -0.25) is 0 Å². The third kappa shape index (κ3) is 4.91. The van der Waals surface area contributed by atoms with Crippen LogP contribution in [0, 0.1) is 0 Å². The standard InChI is InChI=1S/C15H23NOS/c1-2-18-11-5-10-17-15-7-4-3-6-13(15)12-16-14-8-9-14/h3-4,6-7,14,16H,2,5,8-12H2,1H3. The molecular weight excluding hydrogens is 242 g/mol. The monoisotopic (exact) mass is 265 g/mol. The minimum absolute atomic E-state index is 0.749. The van der Waals surface area contributed by atoms with Gasteiger partial charge in [0.15, 0.2) is 0 Å². The summed E-state index contributed by atoms with van der Waals surface area (Å²) >= 11 is 1.98. The van der Waals surface area contributed by atoms with Crippen molar-refractivity contribution in [3.63, 3.8) is 0 Å². The first-order valence-electron chi connectivity index (χ1n) is 6.92. The van der Waals surface area contributed by atoms with Crippen LogP contribution < -0.4 is 10.1 Å². The first-order valence-corrected chi connectivity index (χ1v) is 8.07. The number of rotatable bonds is 9. The first kappa shape index (κ1) is 13.8. The SMILES string of the molecule is CCSCCCOc1ccccc1CNC1CC1. The van der Waals surface area contributed by atoms with Crippen molar-refractivity contribution in [2.75, 3.05) is 18.1 Å². The van der Waals surface area contributed by atoms with Gasteiger partial charge in [0.25, 0.3) is 0 Å². The molecule has 18 heavy (non-hydrogen) atoms. The lowest BCUT2D eigenvalue weighted by atomic mass is 10.2. The van der Waals surface area contributed by atoms with Crippen LogP contribution in [0.5, 0.6) is 5.75 Å². The molecule has 0 atom stereocenters. The summed E-state index contributed by atoms with van der Waals surface area (Å²) in [6.45, 7) is 3.96. The highest BCUT2D eigenvalue weighted by atomic mass is 32.2. The number of benzene rings is 1. The molecule has 0 radical (unpaired) electrons. The summed E-state index contributed by atoms with van der Waals surface area (Å²) in [5.41, 5.74) is 1.28. The van der Waals surface area contributed by atoms with Crippen LogP contribution in [0.1, 0.15) is 31.7 Å². The Hall–Kier alpha value is -0.670. The molecule has 1 aromatic carbocycles. The quantitative estimate of drug-likeness (QED) is 0.691. The molecule has 0 spiro atoms. The second kappa shape index (κ2) is 7.70. The molecule has 1 fully saturated rings. The second-order valence-corrected chi connectivity index (χ2v) is 6.06. The third-order valence-electron chi connectivity index (χ3n) is 3.03. The van der Waals surface area contributed by atoms with Crippen LogP contribution in [0.4, 0.5) is 0 Å². The largest absolute Gasteiger partial charge is 0.493 e. The summed E-state index contributed by atoms with van der Waals surface area (Å²) in [6, 6.07) is 9.13. The molecule has 0 saturated heterocycles. The summed E-state index contributed by atoms with van der Waals surface area (Å²) in [6.07, 6.45) is 3.79. The topological polar surface area (TPSA) is 21.3 Å². The Bertz CT molecular complexity index is 352. The van der Waals surface area contributed by atoms with Gasteiger partial charge in [-0.05, 0) is 36.8 Å². The van der Waals surface area contributed by atoms with E-state index in [0.717, 1.165) is 31.4 Å². The van der Waals surface area contributed by atoms with Crippen molar-refractivity contribution in [2.24, 2.45) is 0 Å². The van der Waals surface area contributed by atoms with E-state index in [1.165, 1.54) is 29.9 Å². The fourth-order valence-corrected chi connectivity index (χ4v) is 2.43. The van der Waals surface area contributed by atoms with Gasteiger partial charge in [-0.1, -0.05) is 25.1 Å². The fraction of sp³-hybridized carbons (Fsp3) is 0.600. The Kier molecular flexibility index (Phi) is 5.88. The van der Waals surface area contributed by atoms with Gasteiger partial charge >= 0.3 is 0 Å². The van der Waals surface area contributed by atoms with E-state index in [1.54, 1.807) is 0 Å². The van der Waals surface area contributed by atoms with Crippen molar-refractivity contribution in [2.45, 2.75) is 38.8 Å². The number of hydrogen-bond donors (Lipinski definition) is 1. The third-order valence-corrected chi connectivity index (χ3v) is 4.01. The Balaban J connectivity index is 1.74. The zero-order valence-corrected chi connectivity index (χ0v) is 12.0. The molecule has 0 heterocycles. The summed E-state index contributed by atoms with van der Waals surface area (Å²) in [5.74, 6) is 3.44. The predicted octanol–water partition coefficient (Wildman–Crippen LogP) is 3.46. The second-order valence-electron chi connectivity index (χ2n) is 4.66. The van der Waals surface area contributed by atoms with Crippen molar-refractivity contribution >= 4 is 11.8 Å². The van der Waals surface area contributed by atoms with Gasteiger partial charge in [0.2, 0.25) is 0 Å². The Morgan fingerprint density at radius 3 is 2.94 bits per heavy atom. The van der Waals surface area contributed by atoms with Gasteiger partial charge in [0, 0.05) is 18.2 Å². The Labute approximate surface area is 114 Å². The zero-order chi connectivity index (χ0) is 12.6. The van der Waals surface area contributed by atoms with Crippen LogP contribution in [-0.4, -0.2) is 24.2 Å². The first-order chi connectivity index (χ1) is 8.90. The molecule has 0 bridgehead atoms. The lowest BCUT2D eigenvalue weighted by Gasteiger charge is -2.11. The minimum Gasteiger partial charge on any atom is -0.493 e. The van der Waals surface area contributed by atoms with E-state index in [9.17, 15) is 0 Å². The molecule has 100 valence electrons. The molecule has 1 N–H and O–H groups in total. The van der Waals surface area contributed by atoms with E-state index in [2.05, 4.69) is 36.5 Å². The van der Waals surface area contributed by atoms with Crippen LogP contribution in [0.15, 0.2) is 24.3 Å². The maximum Gasteiger partial charge on any atom is 0.123 e. The van der Waals surface area contributed by atoms with E-state index in [4.69, 9.17) is 4.74 Å². The van der Waals surface area contributed by atoms with E-state index < -0.39 is 0 Å². The molecule has 2 nitrogen and oxygen atoms in total. The van der Waals surface area contributed by atoms with E-state index in [1.807, 2.05) is 11.8 Å². The number of nitrogens with one attached hydrogen (secondary N) is 1. The molecular formula is C15H23NOS. The molecule has 1 saturated carbocycles. The summed E-state index contributed by atoms with van der Waals surface area (Å²) in [4.78, 5) is 0. The van der Waals surface area contributed by atoms with Crippen LogP contribution >= 0.6 is 11.8 Å². The van der Waals surface area contributed by atoms with Crippen LogP contribution in [0.25, 0.3) is 0 Å². The summed E-state index contributed by atoms with van der Waals surface area (Å²) in [5, 5.41) is 3.54. The van der Waals surface area contributed by atoms with Crippen molar-refractivity contribution < 1.29 is 4.74 Å². The average molecular weight is 265 g/mol. The maximum absolute atomic E-state index is 5.88. The molecule has 1 aromatic rings. The highest BCUT2D eigenvalue weighted by molar-refractivity contribution is 7.99. The normalized spacial score (nSPS) is 14.7. The lowest BCUT2D eigenvalue weighted by molar-refractivity contribution is 0.314. The molecule has 0 unspecified atom stereocenters. The Morgan fingerprint density at radius 1 is 1.33 bits per heavy atom. The predicted molar refractivity (Wildman–Crippen MR) is 79.4 cm³/mol. The number of hydrogen-bond acceptors (Lipinski definition) is 3. The smallest absolute Gasteiger partial charge is 0.123 e. The lowest BCUT2D eigenvalue weighted by Crippen LogP contribution is -2.16. The van der Waals surface area contributed by atoms with Crippen molar-refractivity contribution in [3.05, 3.63) is 29.8 Å². The number of ether oxygens (including phenoxy) is 1. The van der Waals surface area contributed by atoms with Gasteiger partial charge < -0.3 is 10.1 Å². The van der Waals surface area contributed by atoms with Crippen molar-refractivity contribution in [1.29, 1.82) is 0 Å². The van der Waals surface area contributed by atoms with Crippen LogP contribution in [-0.2, 0) is 6.54 Å². The molecule has 3 heteroatoms.